The van der Waals surface area contributed by atoms with Gasteiger partial charge >= 0.3 is 12.0 Å². The van der Waals surface area contributed by atoms with Crippen LogP contribution in [0, 0.1) is 0 Å². The maximum Gasteiger partial charge on any atom is 0.316 e. The van der Waals surface area contributed by atoms with Crippen molar-refractivity contribution in [1.29, 1.82) is 0 Å². The molecule has 0 saturated heterocycles. The van der Waals surface area contributed by atoms with Crippen molar-refractivity contribution in [2.45, 2.75) is 38.0 Å². The van der Waals surface area contributed by atoms with Gasteiger partial charge in [-0.2, -0.15) is 0 Å². The molecule has 1 heterocycles. The molecule has 0 aliphatic heterocycles. The molecule has 0 spiro atoms. The standard InChI is InChI=1S/C13H18N2O3/c1-3-18-11(16)13(6-4-5-7-13)10-8-14-12(17-2)15-9-10/h8-9H,3-7H2,1-2H3. The van der Waals surface area contributed by atoms with Gasteiger partial charge in [-0.15, -0.1) is 0 Å². The van der Waals surface area contributed by atoms with E-state index in [4.69, 9.17) is 9.47 Å². The van der Waals surface area contributed by atoms with Gasteiger partial charge in [0.1, 0.15) is 0 Å². The third-order valence-electron chi connectivity index (χ3n) is 3.49. The number of carbonyl (C=O) groups is 1. The highest BCUT2D eigenvalue weighted by atomic mass is 16.5. The average molecular weight is 250 g/mol. The second-order valence-electron chi connectivity index (χ2n) is 4.47. The van der Waals surface area contributed by atoms with Gasteiger partial charge in [-0.25, -0.2) is 9.97 Å². The van der Waals surface area contributed by atoms with E-state index in [0.29, 0.717) is 12.6 Å². The van der Waals surface area contributed by atoms with Crippen LogP contribution in [0.4, 0.5) is 0 Å². The SMILES string of the molecule is CCOC(=O)C1(c2cnc(OC)nc2)CCCC1. The lowest BCUT2D eigenvalue weighted by Gasteiger charge is -2.26. The van der Waals surface area contributed by atoms with Crippen molar-refractivity contribution in [3.63, 3.8) is 0 Å². The summed E-state index contributed by atoms with van der Waals surface area (Å²) in [5.41, 5.74) is 0.279. The molecule has 0 amide bonds. The molecule has 0 aromatic carbocycles. The molecular formula is C13H18N2O3. The summed E-state index contributed by atoms with van der Waals surface area (Å²) in [7, 11) is 1.52. The van der Waals surface area contributed by atoms with E-state index in [9.17, 15) is 4.79 Å². The molecule has 0 N–H and O–H groups in total. The van der Waals surface area contributed by atoms with E-state index >= 15 is 0 Å². The third-order valence-corrected chi connectivity index (χ3v) is 3.49. The van der Waals surface area contributed by atoms with Gasteiger partial charge in [0.15, 0.2) is 0 Å². The smallest absolute Gasteiger partial charge is 0.316 e. The van der Waals surface area contributed by atoms with E-state index in [1.54, 1.807) is 12.4 Å². The number of carbonyl (C=O) groups excluding carboxylic acids is 1. The zero-order chi connectivity index (χ0) is 13.0. The average Bonchev–Trinajstić information content (AvgIpc) is 2.90. The van der Waals surface area contributed by atoms with Gasteiger partial charge in [0.2, 0.25) is 0 Å². The van der Waals surface area contributed by atoms with Crippen LogP contribution in [-0.4, -0.2) is 29.7 Å². The lowest BCUT2D eigenvalue weighted by Crippen LogP contribution is -2.35. The summed E-state index contributed by atoms with van der Waals surface area (Å²) in [6, 6.07) is 0.316. The van der Waals surface area contributed by atoms with Crippen molar-refractivity contribution < 1.29 is 14.3 Å². The molecule has 0 radical (unpaired) electrons. The Morgan fingerprint density at radius 2 is 1.94 bits per heavy atom. The minimum Gasteiger partial charge on any atom is -0.467 e. The summed E-state index contributed by atoms with van der Waals surface area (Å²) in [6.45, 7) is 2.22. The Labute approximate surface area is 107 Å². The van der Waals surface area contributed by atoms with Gasteiger partial charge in [0.05, 0.1) is 19.1 Å². The normalized spacial score (nSPS) is 17.4. The Bertz CT molecular complexity index is 411. The number of esters is 1. The molecule has 1 aliphatic rings. The quantitative estimate of drug-likeness (QED) is 0.763. The van der Waals surface area contributed by atoms with Gasteiger partial charge in [-0.3, -0.25) is 4.79 Å². The molecule has 5 nitrogen and oxygen atoms in total. The van der Waals surface area contributed by atoms with E-state index in [1.807, 2.05) is 6.92 Å². The fourth-order valence-electron chi connectivity index (χ4n) is 2.53. The number of aromatic nitrogens is 2. The van der Waals surface area contributed by atoms with Crippen LogP contribution >= 0.6 is 0 Å². The molecule has 0 atom stereocenters. The largest absolute Gasteiger partial charge is 0.467 e. The van der Waals surface area contributed by atoms with Gasteiger partial charge in [-0.1, -0.05) is 12.8 Å². The lowest BCUT2D eigenvalue weighted by atomic mass is 9.80. The molecule has 0 bridgehead atoms. The number of hydrogen-bond acceptors (Lipinski definition) is 5. The van der Waals surface area contributed by atoms with Crippen molar-refractivity contribution in [3.8, 4) is 6.01 Å². The maximum absolute atomic E-state index is 12.2. The summed E-state index contributed by atoms with van der Waals surface area (Å²) in [5, 5.41) is 0. The predicted octanol–water partition coefficient (Wildman–Crippen LogP) is 1.86. The van der Waals surface area contributed by atoms with E-state index in [1.165, 1.54) is 7.11 Å². The highest BCUT2D eigenvalue weighted by molar-refractivity contribution is 5.83. The molecular weight excluding hydrogens is 232 g/mol. The Morgan fingerprint density at radius 3 is 2.44 bits per heavy atom. The number of hydrogen-bond donors (Lipinski definition) is 0. The molecule has 0 unspecified atom stereocenters. The van der Waals surface area contributed by atoms with Crippen LogP contribution in [0.25, 0.3) is 0 Å². The highest BCUT2D eigenvalue weighted by Crippen LogP contribution is 2.41. The zero-order valence-electron chi connectivity index (χ0n) is 10.8. The van der Waals surface area contributed by atoms with E-state index < -0.39 is 5.41 Å². The topological polar surface area (TPSA) is 61.3 Å². The van der Waals surface area contributed by atoms with Crippen LogP contribution < -0.4 is 4.74 Å². The van der Waals surface area contributed by atoms with Crippen molar-refractivity contribution in [1.82, 2.24) is 9.97 Å². The predicted molar refractivity (Wildman–Crippen MR) is 65.4 cm³/mol. The number of nitrogens with zero attached hydrogens (tertiary/aromatic N) is 2. The second-order valence-corrected chi connectivity index (χ2v) is 4.47. The summed E-state index contributed by atoms with van der Waals surface area (Å²) >= 11 is 0. The van der Waals surface area contributed by atoms with Crippen LogP contribution in [0.2, 0.25) is 0 Å². The number of rotatable bonds is 4. The van der Waals surface area contributed by atoms with Crippen molar-refractivity contribution in [3.05, 3.63) is 18.0 Å². The van der Waals surface area contributed by atoms with Crippen molar-refractivity contribution in [2.75, 3.05) is 13.7 Å². The van der Waals surface area contributed by atoms with Crippen LogP contribution in [0.1, 0.15) is 38.2 Å². The van der Waals surface area contributed by atoms with E-state index in [2.05, 4.69) is 9.97 Å². The molecule has 18 heavy (non-hydrogen) atoms. The van der Waals surface area contributed by atoms with Crippen molar-refractivity contribution in [2.24, 2.45) is 0 Å². The second kappa shape index (κ2) is 5.33. The van der Waals surface area contributed by atoms with Gasteiger partial charge in [0, 0.05) is 18.0 Å². The monoisotopic (exact) mass is 250 g/mol. The van der Waals surface area contributed by atoms with Gasteiger partial charge in [0.25, 0.3) is 0 Å². The summed E-state index contributed by atoms with van der Waals surface area (Å²) < 4.78 is 10.1. The molecule has 1 aromatic rings. The molecule has 1 saturated carbocycles. The molecule has 2 rings (SSSR count). The molecule has 98 valence electrons. The van der Waals surface area contributed by atoms with Gasteiger partial charge in [-0.05, 0) is 19.8 Å². The molecule has 1 aliphatic carbocycles. The van der Waals surface area contributed by atoms with Crippen LogP contribution in [0.5, 0.6) is 6.01 Å². The zero-order valence-corrected chi connectivity index (χ0v) is 10.8. The van der Waals surface area contributed by atoms with Crippen LogP contribution in [0.15, 0.2) is 12.4 Å². The first kappa shape index (κ1) is 12.8. The first-order chi connectivity index (χ1) is 8.73. The lowest BCUT2D eigenvalue weighted by molar-refractivity contribution is -0.150. The Balaban J connectivity index is 2.31. The maximum atomic E-state index is 12.2. The van der Waals surface area contributed by atoms with E-state index in [-0.39, 0.29) is 5.97 Å². The minimum atomic E-state index is -0.553. The molecule has 1 aromatic heterocycles. The Hall–Kier alpha value is -1.65. The third kappa shape index (κ3) is 2.17. The summed E-state index contributed by atoms with van der Waals surface area (Å²) in [5.74, 6) is -0.156. The Kier molecular flexibility index (Phi) is 3.79. The van der Waals surface area contributed by atoms with Crippen molar-refractivity contribution >= 4 is 5.97 Å². The van der Waals surface area contributed by atoms with Crippen LogP contribution in [0.3, 0.4) is 0 Å². The first-order valence-electron chi connectivity index (χ1n) is 6.26. The van der Waals surface area contributed by atoms with Gasteiger partial charge < -0.3 is 9.47 Å². The molecule has 5 heteroatoms. The number of ether oxygens (including phenoxy) is 2. The first-order valence-corrected chi connectivity index (χ1v) is 6.26. The fraction of sp³-hybridized carbons (Fsp3) is 0.615. The summed E-state index contributed by atoms with van der Waals surface area (Å²) in [4.78, 5) is 20.4. The highest BCUT2D eigenvalue weighted by Gasteiger charge is 2.44. The van der Waals surface area contributed by atoms with E-state index in [0.717, 1.165) is 31.2 Å². The number of methoxy groups -OCH3 is 1. The Morgan fingerprint density at radius 1 is 1.33 bits per heavy atom. The summed E-state index contributed by atoms with van der Waals surface area (Å²) in [6.07, 6.45) is 7.03. The fourth-order valence-corrected chi connectivity index (χ4v) is 2.53. The molecule has 1 fully saturated rings. The van der Waals surface area contributed by atoms with Crippen LogP contribution in [-0.2, 0) is 14.9 Å². The minimum absolute atomic E-state index is 0.156.